The Balaban J connectivity index is 1.98. The van der Waals surface area contributed by atoms with Gasteiger partial charge in [-0.25, -0.2) is 9.78 Å². The Bertz CT molecular complexity index is 751. The lowest BCUT2D eigenvalue weighted by Gasteiger charge is -1.97. The number of rotatable bonds is 3. The van der Waals surface area contributed by atoms with Crippen molar-refractivity contribution in [3.05, 3.63) is 60.6 Å². The largest absolute Gasteiger partial charge is 0.478 e. The Kier molecular flexibility index (Phi) is 3.01. The summed E-state index contributed by atoms with van der Waals surface area (Å²) >= 11 is 0. The molecule has 0 fully saturated rings. The molecule has 0 spiro atoms. The molecule has 5 nitrogen and oxygen atoms in total. The summed E-state index contributed by atoms with van der Waals surface area (Å²) in [7, 11) is 0. The second-order valence-electron chi connectivity index (χ2n) is 4.16. The molecule has 3 rings (SSSR count). The van der Waals surface area contributed by atoms with Crippen LogP contribution in [0.25, 0.3) is 22.7 Å². The summed E-state index contributed by atoms with van der Waals surface area (Å²) in [6, 6.07) is 10.1. The van der Waals surface area contributed by atoms with Crippen LogP contribution >= 0.6 is 0 Å². The molecule has 1 N–H and O–H groups in total. The van der Waals surface area contributed by atoms with Crippen molar-refractivity contribution in [2.24, 2.45) is 0 Å². The maximum absolute atomic E-state index is 11.0. The van der Waals surface area contributed by atoms with Gasteiger partial charge in [0.25, 0.3) is 0 Å². The van der Waals surface area contributed by atoms with E-state index in [9.17, 15) is 4.79 Å². The number of carboxylic acid groups (broad SMARTS) is 1. The maximum atomic E-state index is 11.0. The van der Waals surface area contributed by atoms with E-state index < -0.39 is 5.97 Å². The van der Waals surface area contributed by atoms with Crippen LogP contribution in [0.1, 0.15) is 10.4 Å². The first kappa shape index (κ1) is 12.1. The first-order valence-corrected chi connectivity index (χ1v) is 5.94. The zero-order valence-electron chi connectivity index (χ0n) is 10.4. The van der Waals surface area contributed by atoms with Gasteiger partial charge in [-0.2, -0.15) is 0 Å². The molecular weight excluding hydrogens is 256 g/mol. The molecule has 0 unspecified atom stereocenters. The van der Waals surface area contributed by atoms with Gasteiger partial charge in [-0.15, -0.1) is 0 Å². The monoisotopic (exact) mass is 266 g/mol. The summed E-state index contributed by atoms with van der Waals surface area (Å²) in [6.07, 6.45) is 4.89. The van der Waals surface area contributed by atoms with Crippen LogP contribution in [0, 0.1) is 0 Å². The molecule has 2 aromatic heterocycles. The summed E-state index contributed by atoms with van der Waals surface area (Å²) in [5, 5.41) is 8.98. The van der Waals surface area contributed by atoms with Crippen LogP contribution in [0.4, 0.5) is 0 Å². The average Bonchev–Trinajstić information content (AvgIpc) is 2.98. The lowest BCUT2D eigenvalue weighted by Crippen LogP contribution is -1.95. The van der Waals surface area contributed by atoms with Gasteiger partial charge < -0.3 is 9.52 Å². The molecule has 0 bridgehead atoms. The van der Waals surface area contributed by atoms with E-state index in [4.69, 9.17) is 9.52 Å². The fraction of sp³-hybridized carbons (Fsp3) is 0. The van der Waals surface area contributed by atoms with Gasteiger partial charge >= 0.3 is 5.97 Å². The minimum atomic E-state index is -0.979. The van der Waals surface area contributed by atoms with Gasteiger partial charge in [-0.1, -0.05) is 6.07 Å². The number of benzene rings is 1. The molecule has 1 aromatic carbocycles. The second kappa shape index (κ2) is 4.97. The smallest absolute Gasteiger partial charge is 0.335 e. The van der Waals surface area contributed by atoms with Crippen molar-refractivity contribution in [3.63, 3.8) is 0 Å². The van der Waals surface area contributed by atoms with Gasteiger partial charge in [0.05, 0.1) is 5.56 Å². The van der Waals surface area contributed by atoms with E-state index >= 15 is 0 Å². The van der Waals surface area contributed by atoms with Crippen LogP contribution in [-0.4, -0.2) is 21.0 Å². The molecule has 0 saturated heterocycles. The molecule has 0 radical (unpaired) electrons. The van der Waals surface area contributed by atoms with Gasteiger partial charge in [0.1, 0.15) is 12.0 Å². The Morgan fingerprint density at radius 1 is 1.10 bits per heavy atom. The average molecular weight is 266 g/mol. The van der Waals surface area contributed by atoms with Crippen LogP contribution in [0.3, 0.4) is 0 Å². The van der Waals surface area contributed by atoms with Gasteiger partial charge in [0, 0.05) is 23.5 Å². The zero-order chi connectivity index (χ0) is 13.9. The van der Waals surface area contributed by atoms with Crippen molar-refractivity contribution in [3.8, 4) is 22.7 Å². The Hall–Kier alpha value is -2.95. The fourth-order valence-electron chi connectivity index (χ4n) is 1.85. The first-order chi connectivity index (χ1) is 9.74. The fourth-order valence-corrected chi connectivity index (χ4v) is 1.85. The highest BCUT2D eigenvalue weighted by Crippen LogP contribution is 2.24. The lowest BCUT2D eigenvalue weighted by atomic mass is 10.1. The molecule has 0 atom stereocenters. The molecule has 0 aliphatic rings. The molecule has 3 aromatic rings. The number of hydrogen-bond donors (Lipinski definition) is 1. The number of carbonyl (C=O) groups is 1. The lowest BCUT2D eigenvalue weighted by molar-refractivity contribution is 0.0697. The standard InChI is InChI=1S/C15H10N2O3/c18-15(19)12-3-1-2-11(8-12)14-17-13(9-20-14)10-4-6-16-7-5-10/h1-9H,(H,18,19). The molecule has 20 heavy (non-hydrogen) atoms. The number of aromatic nitrogens is 2. The van der Waals surface area contributed by atoms with E-state index in [1.807, 2.05) is 12.1 Å². The van der Waals surface area contributed by atoms with Gasteiger partial charge in [0.2, 0.25) is 5.89 Å². The minimum Gasteiger partial charge on any atom is -0.478 e. The van der Waals surface area contributed by atoms with Crippen LogP contribution in [-0.2, 0) is 0 Å². The first-order valence-electron chi connectivity index (χ1n) is 5.94. The third kappa shape index (κ3) is 2.29. The number of oxazole rings is 1. The third-order valence-electron chi connectivity index (χ3n) is 2.84. The van der Waals surface area contributed by atoms with Crippen molar-refractivity contribution in [2.75, 3.05) is 0 Å². The van der Waals surface area contributed by atoms with E-state index in [2.05, 4.69) is 9.97 Å². The molecule has 2 heterocycles. The van der Waals surface area contributed by atoms with Crippen molar-refractivity contribution in [1.82, 2.24) is 9.97 Å². The SMILES string of the molecule is O=C(O)c1cccc(-c2nc(-c3ccncc3)co2)c1. The Morgan fingerprint density at radius 2 is 1.90 bits per heavy atom. The van der Waals surface area contributed by atoms with Crippen LogP contribution < -0.4 is 0 Å². The summed E-state index contributed by atoms with van der Waals surface area (Å²) < 4.78 is 5.42. The number of aromatic carboxylic acids is 1. The molecule has 0 aliphatic carbocycles. The maximum Gasteiger partial charge on any atom is 0.335 e. The Morgan fingerprint density at radius 3 is 2.65 bits per heavy atom. The quantitative estimate of drug-likeness (QED) is 0.788. The second-order valence-corrected chi connectivity index (χ2v) is 4.16. The number of nitrogens with zero attached hydrogens (tertiary/aromatic N) is 2. The Labute approximate surface area is 114 Å². The highest BCUT2D eigenvalue weighted by Gasteiger charge is 2.10. The van der Waals surface area contributed by atoms with Crippen molar-refractivity contribution >= 4 is 5.97 Å². The molecule has 5 heteroatoms. The predicted octanol–water partition coefficient (Wildman–Crippen LogP) is 3.10. The topological polar surface area (TPSA) is 76.2 Å². The predicted molar refractivity (Wildman–Crippen MR) is 72.1 cm³/mol. The van der Waals surface area contributed by atoms with Gasteiger partial charge in [-0.05, 0) is 30.3 Å². The van der Waals surface area contributed by atoms with E-state index in [1.165, 1.54) is 18.4 Å². The molecule has 0 aliphatic heterocycles. The normalized spacial score (nSPS) is 10.4. The van der Waals surface area contributed by atoms with Crippen LogP contribution in [0.15, 0.2) is 59.5 Å². The van der Waals surface area contributed by atoms with Crippen molar-refractivity contribution in [1.29, 1.82) is 0 Å². The summed E-state index contributed by atoms with van der Waals surface area (Å²) in [4.78, 5) is 19.3. The summed E-state index contributed by atoms with van der Waals surface area (Å²) in [6.45, 7) is 0. The van der Waals surface area contributed by atoms with Crippen LogP contribution in [0.5, 0.6) is 0 Å². The minimum absolute atomic E-state index is 0.200. The van der Waals surface area contributed by atoms with Crippen molar-refractivity contribution < 1.29 is 14.3 Å². The third-order valence-corrected chi connectivity index (χ3v) is 2.84. The highest BCUT2D eigenvalue weighted by molar-refractivity contribution is 5.89. The number of hydrogen-bond acceptors (Lipinski definition) is 4. The molecule has 98 valence electrons. The molecular formula is C15H10N2O3. The van der Waals surface area contributed by atoms with E-state index in [-0.39, 0.29) is 5.56 Å². The zero-order valence-corrected chi connectivity index (χ0v) is 10.4. The van der Waals surface area contributed by atoms with Crippen molar-refractivity contribution in [2.45, 2.75) is 0 Å². The van der Waals surface area contributed by atoms with E-state index in [0.29, 0.717) is 17.1 Å². The summed E-state index contributed by atoms with van der Waals surface area (Å²) in [5.41, 5.74) is 2.41. The number of carboxylic acids is 1. The molecule has 0 saturated carbocycles. The highest BCUT2D eigenvalue weighted by atomic mass is 16.4. The van der Waals surface area contributed by atoms with E-state index in [1.54, 1.807) is 24.5 Å². The van der Waals surface area contributed by atoms with E-state index in [0.717, 1.165) is 5.56 Å². The van der Waals surface area contributed by atoms with Crippen LogP contribution in [0.2, 0.25) is 0 Å². The van der Waals surface area contributed by atoms with Gasteiger partial charge in [-0.3, -0.25) is 4.98 Å². The summed E-state index contributed by atoms with van der Waals surface area (Å²) in [5.74, 6) is -0.590. The molecule has 0 amide bonds. The number of pyridine rings is 1. The van der Waals surface area contributed by atoms with Gasteiger partial charge in [0.15, 0.2) is 0 Å².